The molecule has 0 aromatic carbocycles. The summed E-state index contributed by atoms with van der Waals surface area (Å²) in [5, 5.41) is 0. The molecule has 0 unspecified atom stereocenters. The minimum absolute atomic E-state index is 0. The van der Waals surface area contributed by atoms with Crippen molar-refractivity contribution in [1.29, 1.82) is 0 Å². The summed E-state index contributed by atoms with van der Waals surface area (Å²) in [5.74, 6) is 0. The molecule has 0 aromatic heterocycles. The van der Waals surface area contributed by atoms with E-state index in [4.69, 9.17) is 52.6 Å². The molecule has 0 rings (SSSR count). The fourth-order valence-corrected chi connectivity index (χ4v) is 0. The van der Waals surface area contributed by atoms with E-state index in [1.54, 1.807) is 0 Å². The van der Waals surface area contributed by atoms with Gasteiger partial charge in [0.2, 0.25) is 0 Å². The van der Waals surface area contributed by atoms with Crippen LogP contribution in [-0.2, 0) is 71.5 Å². The second-order valence-electron chi connectivity index (χ2n) is 1.34. The van der Waals surface area contributed by atoms with Gasteiger partial charge in [-0.2, -0.15) is 25.3 Å². The third-order valence-corrected chi connectivity index (χ3v) is 0. The fraction of sp³-hybridized carbons (Fsp3) is 0. The Morgan fingerprint density at radius 1 is 0.471 bits per heavy atom. The Labute approximate surface area is 123 Å². The van der Waals surface area contributed by atoms with Gasteiger partial charge in [0.25, 0.3) is 0 Å². The van der Waals surface area contributed by atoms with Gasteiger partial charge in [-0.25, -0.2) is 0 Å². The molecule has 0 atom stereocenters. The van der Waals surface area contributed by atoms with Crippen molar-refractivity contribution in [3.05, 3.63) is 0 Å². The van der Waals surface area contributed by atoms with Crippen molar-refractivity contribution in [2.75, 3.05) is 0 Å². The second-order valence-corrected chi connectivity index (χ2v) is 4.03. The molecule has 0 spiro atoms. The van der Waals surface area contributed by atoms with Crippen LogP contribution in [0.2, 0.25) is 0 Å². The maximum Gasteiger partial charge on any atom is 0.394 e. The molecule has 0 amide bonds. The molecule has 0 aliphatic carbocycles. The summed E-state index contributed by atoms with van der Waals surface area (Å²) in [6.07, 6.45) is 0. The van der Waals surface area contributed by atoms with Gasteiger partial charge in [0.15, 0.2) is 0 Å². The first-order valence-corrected chi connectivity index (χ1v) is 6.29. The average Bonchev–Trinajstić information content (AvgIpc) is 1.41. The van der Waals surface area contributed by atoms with E-state index in [1.807, 2.05) is 0 Å². The van der Waals surface area contributed by atoms with Crippen molar-refractivity contribution >= 4 is 31.2 Å². The van der Waals surface area contributed by atoms with E-state index >= 15 is 0 Å². The van der Waals surface area contributed by atoms with Crippen LogP contribution in [0, 0.1) is 0 Å². The van der Waals surface area contributed by atoms with Crippen molar-refractivity contribution in [3.63, 3.8) is 0 Å². The van der Waals surface area contributed by atoms with E-state index in [0.717, 1.165) is 0 Å². The van der Waals surface area contributed by atoms with Crippen LogP contribution in [0.3, 0.4) is 0 Å². The van der Waals surface area contributed by atoms with Crippen molar-refractivity contribution in [2.45, 2.75) is 0 Å². The topological polar surface area (TPSA) is 224 Å². The molecule has 0 aliphatic heterocycles. The van der Waals surface area contributed by atoms with Gasteiger partial charge in [0, 0.05) is 40.3 Å². The van der Waals surface area contributed by atoms with Gasteiger partial charge in [-0.1, -0.05) is 0 Å². The molecule has 0 aromatic rings. The predicted octanol–water partition coefficient (Wildman–Crippen LogP) is -1.96. The van der Waals surface area contributed by atoms with Crippen LogP contribution < -0.4 is 0 Å². The van der Waals surface area contributed by atoms with Crippen LogP contribution in [0.15, 0.2) is 0 Å². The minimum Gasteiger partial charge on any atom is -0.264 e. The normalized spacial score (nSPS) is 10.2. The van der Waals surface area contributed by atoms with E-state index in [2.05, 4.69) is 0 Å². The zero-order chi connectivity index (χ0) is 13.5. The van der Waals surface area contributed by atoms with Crippen LogP contribution in [0.1, 0.15) is 0 Å². The van der Waals surface area contributed by atoms with Crippen LogP contribution in [0.4, 0.5) is 0 Å². The smallest absolute Gasteiger partial charge is 0.264 e. The van der Waals surface area contributed by atoms with Crippen LogP contribution in [-0.4, -0.2) is 52.6 Å². The molecule has 17 heavy (non-hydrogen) atoms. The van der Waals surface area contributed by atoms with Crippen LogP contribution in [0.25, 0.3) is 0 Å². The van der Waals surface area contributed by atoms with E-state index in [0.29, 0.717) is 0 Å². The van der Waals surface area contributed by atoms with Crippen molar-refractivity contribution in [3.8, 4) is 0 Å². The Bertz CT molecular complexity index is 343. The Balaban J connectivity index is -0.0000000400. The Kier molecular flexibility index (Phi) is 21.6. The quantitative estimate of drug-likeness (QED) is 0.195. The van der Waals surface area contributed by atoms with Crippen molar-refractivity contribution in [2.24, 2.45) is 0 Å². The second kappa shape index (κ2) is 12.0. The maximum absolute atomic E-state index is 8.74. The summed E-state index contributed by atoms with van der Waals surface area (Å²) in [6.45, 7) is 0. The van der Waals surface area contributed by atoms with E-state index in [-0.39, 0.29) is 40.3 Å². The molecule has 0 aliphatic rings. The van der Waals surface area contributed by atoms with E-state index in [1.165, 1.54) is 0 Å². The molecule has 0 heterocycles. The maximum atomic E-state index is 8.74. The third kappa shape index (κ3) is 4550. The largest absolute Gasteiger partial charge is 0.394 e. The average molecular weight is 393 g/mol. The molecule has 0 saturated carbocycles. The molecule has 105 valence electrons. The molecular formula is H6O12S3TiV. The molecule has 1 radical (unpaired) electrons. The van der Waals surface area contributed by atoms with Gasteiger partial charge < -0.3 is 0 Å². The summed E-state index contributed by atoms with van der Waals surface area (Å²) >= 11 is 0. The van der Waals surface area contributed by atoms with Gasteiger partial charge in [-0.3, -0.25) is 27.3 Å². The summed E-state index contributed by atoms with van der Waals surface area (Å²) in [4.78, 5) is 0. The van der Waals surface area contributed by atoms with Gasteiger partial charge in [0.1, 0.15) is 0 Å². The predicted molar refractivity (Wildman–Crippen MR) is 42.5 cm³/mol. The first kappa shape index (κ1) is 30.7. The summed E-state index contributed by atoms with van der Waals surface area (Å²) in [6, 6.07) is 0. The zero-order valence-electron chi connectivity index (χ0n) is 7.30. The summed E-state index contributed by atoms with van der Waals surface area (Å²) in [5.41, 5.74) is 0. The molecule has 0 saturated heterocycles. The molecule has 0 fully saturated rings. The molecule has 12 nitrogen and oxygen atoms in total. The zero-order valence-corrected chi connectivity index (χ0v) is 12.7. The first-order valence-electron chi connectivity index (χ1n) is 2.10. The fourth-order valence-electron chi connectivity index (χ4n) is 0. The van der Waals surface area contributed by atoms with Crippen LogP contribution in [0.5, 0.6) is 0 Å². The summed E-state index contributed by atoms with van der Waals surface area (Å²) in [7, 11) is -14.0. The molecule has 17 heteroatoms. The third-order valence-electron chi connectivity index (χ3n) is 0. The number of hydrogen-bond donors (Lipinski definition) is 6. The van der Waals surface area contributed by atoms with Gasteiger partial charge in [0.05, 0.1) is 0 Å². The van der Waals surface area contributed by atoms with E-state index < -0.39 is 31.2 Å². The van der Waals surface area contributed by atoms with Gasteiger partial charge in [-0.15, -0.1) is 0 Å². The Morgan fingerprint density at radius 2 is 0.471 bits per heavy atom. The monoisotopic (exact) mass is 393 g/mol. The minimum atomic E-state index is -4.67. The SMILES string of the molecule is O=S(=O)(O)O.O=S(=O)(O)O.O=S(=O)(O)O.[Ti].[V]. The first-order chi connectivity index (χ1) is 6.00. The van der Waals surface area contributed by atoms with Crippen molar-refractivity contribution < 1.29 is 92.8 Å². The molecule has 0 bridgehead atoms. The van der Waals surface area contributed by atoms with Crippen molar-refractivity contribution in [1.82, 2.24) is 0 Å². The number of hydrogen-bond acceptors (Lipinski definition) is 6. The molecule has 6 N–H and O–H groups in total. The van der Waals surface area contributed by atoms with E-state index in [9.17, 15) is 0 Å². The molecular weight excluding hydrogens is 387 g/mol. The summed E-state index contributed by atoms with van der Waals surface area (Å²) < 4.78 is 94.8. The Hall–Kier alpha value is 0.909. The van der Waals surface area contributed by atoms with Crippen LogP contribution >= 0.6 is 0 Å². The number of rotatable bonds is 0. The van der Waals surface area contributed by atoms with Gasteiger partial charge >= 0.3 is 31.2 Å². The standard InChI is InChI=1S/3H2O4S.Ti.V/c3*1-5(2,3)4;;/h3*(H2,1,2,3,4);;. The Morgan fingerprint density at radius 3 is 0.471 bits per heavy atom. The van der Waals surface area contributed by atoms with Gasteiger partial charge in [-0.05, 0) is 0 Å².